The fourth-order valence-electron chi connectivity index (χ4n) is 6.63. The van der Waals surface area contributed by atoms with Crippen LogP contribution in [0.25, 0.3) is 11.0 Å². The molecule has 4 aliphatic rings. The summed E-state index contributed by atoms with van der Waals surface area (Å²) in [7, 11) is 0. The molecule has 3 aliphatic heterocycles. The van der Waals surface area contributed by atoms with Crippen LogP contribution in [0.1, 0.15) is 71.4 Å². The minimum atomic E-state index is -0.726. The number of hydrogen-bond donors (Lipinski definition) is 2. The van der Waals surface area contributed by atoms with Crippen LogP contribution in [0.4, 0.5) is 10.5 Å². The number of urea groups is 1. The second-order valence-electron chi connectivity index (χ2n) is 10.7. The van der Waals surface area contributed by atoms with E-state index in [0.717, 1.165) is 43.1 Å². The van der Waals surface area contributed by atoms with Crippen molar-refractivity contribution in [2.24, 2.45) is 0 Å². The van der Waals surface area contributed by atoms with E-state index in [1.807, 2.05) is 12.1 Å². The molecule has 2 fully saturated rings. The third-order valence-electron chi connectivity index (χ3n) is 8.35. The van der Waals surface area contributed by atoms with Crippen molar-refractivity contribution in [3.63, 3.8) is 0 Å². The van der Waals surface area contributed by atoms with E-state index in [4.69, 9.17) is 20.8 Å². The van der Waals surface area contributed by atoms with E-state index in [1.165, 1.54) is 0 Å². The minimum Gasteiger partial charge on any atom is -0.484 e. The standard InChI is InChI=1S/C28H26ClN3O5/c29-18-12-16-13-21(36-24(16)22-23(18)30-26(35)31-28(22)8-4-1-5-9-28)25(34)32-11-10-27(15-32)14-19(33)17-6-2-3-7-20(17)37-27/h2-3,6-7,12-13H,1,4-5,8-11,14-15H2,(H2,30,31,35). The Hall–Kier alpha value is -3.52. The predicted molar refractivity (Wildman–Crippen MR) is 137 cm³/mol. The number of hydrogen-bond acceptors (Lipinski definition) is 5. The van der Waals surface area contributed by atoms with Crippen LogP contribution in [0.3, 0.4) is 0 Å². The number of ketones is 1. The van der Waals surface area contributed by atoms with Crippen LogP contribution >= 0.6 is 11.6 Å². The van der Waals surface area contributed by atoms with Gasteiger partial charge >= 0.3 is 6.03 Å². The molecule has 1 saturated carbocycles. The molecular formula is C28H26ClN3O5. The van der Waals surface area contributed by atoms with Crippen molar-refractivity contribution in [2.75, 3.05) is 18.4 Å². The number of carbonyl (C=O) groups is 3. The van der Waals surface area contributed by atoms with Gasteiger partial charge in [0.2, 0.25) is 0 Å². The Morgan fingerprint density at radius 1 is 1.05 bits per heavy atom. The average molecular weight is 520 g/mol. The van der Waals surface area contributed by atoms with Crippen molar-refractivity contribution in [1.82, 2.24) is 10.2 Å². The summed E-state index contributed by atoms with van der Waals surface area (Å²) in [5.74, 6) is 0.569. The number of para-hydroxylation sites is 1. The third-order valence-corrected chi connectivity index (χ3v) is 8.65. The molecule has 9 heteroatoms. The number of nitrogens with one attached hydrogen (secondary N) is 2. The van der Waals surface area contributed by atoms with Crippen LogP contribution in [0.2, 0.25) is 5.02 Å². The van der Waals surface area contributed by atoms with Gasteiger partial charge in [-0.3, -0.25) is 9.59 Å². The van der Waals surface area contributed by atoms with Gasteiger partial charge in [-0.1, -0.05) is 43.0 Å². The number of nitrogens with zero attached hydrogens (tertiary/aromatic N) is 1. The van der Waals surface area contributed by atoms with Crippen LogP contribution in [-0.2, 0) is 5.54 Å². The van der Waals surface area contributed by atoms with E-state index in [1.54, 1.807) is 29.2 Å². The number of carbonyl (C=O) groups excluding carboxylic acids is 3. The first-order valence-corrected chi connectivity index (χ1v) is 13.2. The van der Waals surface area contributed by atoms with Crippen molar-refractivity contribution in [3.05, 3.63) is 58.3 Å². The minimum absolute atomic E-state index is 0.0356. The SMILES string of the molecule is O=C1Nc2c(Cl)cc3cc(C(=O)N4CCC5(CC(=O)c6ccccc6O5)C4)oc3c2C2(CCCCC2)N1. The molecule has 1 atom stereocenters. The van der Waals surface area contributed by atoms with E-state index in [0.29, 0.717) is 47.1 Å². The van der Waals surface area contributed by atoms with Crippen LogP contribution in [0.5, 0.6) is 5.75 Å². The lowest BCUT2D eigenvalue weighted by Gasteiger charge is -2.42. The van der Waals surface area contributed by atoms with Gasteiger partial charge in [0, 0.05) is 23.9 Å². The normalized spacial score (nSPS) is 24.0. The quantitative estimate of drug-likeness (QED) is 0.434. The molecule has 2 spiro atoms. The average Bonchev–Trinajstić information content (AvgIpc) is 3.48. The van der Waals surface area contributed by atoms with Gasteiger partial charge in [-0.05, 0) is 37.1 Å². The number of ether oxygens (including phenoxy) is 1. The highest BCUT2D eigenvalue weighted by atomic mass is 35.5. The number of furan rings is 1. The molecule has 1 saturated heterocycles. The number of Topliss-reactive ketones (excluding diaryl/α,β-unsaturated/α-hetero) is 1. The molecule has 3 amide bonds. The smallest absolute Gasteiger partial charge is 0.319 e. The van der Waals surface area contributed by atoms with Gasteiger partial charge in [0.25, 0.3) is 5.91 Å². The zero-order chi connectivity index (χ0) is 25.4. The molecule has 1 aromatic heterocycles. The van der Waals surface area contributed by atoms with Crippen molar-refractivity contribution >= 4 is 46.0 Å². The summed E-state index contributed by atoms with van der Waals surface area (Å²) in [6.45, 7) is 0.773. The third kappa shape index (κ3) is 3.45. The Labute approximate surface area is 218 Å². The molecule has 2 N–H and O–H groups in total. The highest BCUT2D eigenvalue weighted by Gasteiger charge is 2.48. The summed E-state index contributed by atoms with van der Waals surface area (Å²) in [4.78, 5) is 40.6. The topological polar surface area (TPSA) is 101 Å². The lowest BCUT2D eigenvalue weighted by Crippen LogP contribution is -2.52. The van der Waals surface area contributed by atoms with E-state index >= 15 is 0 Å². The number of benzene rings is 2. The lowest BCUT2D eigenvalue weighted by molar-refractivity contribution is 0.0422. The van der Waals surface area contributed by atoms with Gasteiger partial charge in [-0.15, -0.1) is 0 Å². The maximum absolute atomic E-state index is 13.6. The number of fused-ring (bicyclic) bond motifs is 5. The largest absolute Gasteiger partial charge is 0.484 e. The fourth-order valence-corrected chi connectivity index (χ4v) is 6.89. The Morgan fingerprint density at radius 2 is 1.86 bits per heavy atom. The molecule has 7 rings (SSSR count). The number of anilines is 1. The molecule has 4 heterocycles. The number of amides is 3. The van der Waals surface area contributed by atoms with E-state index in [-0.39, 0.29) is 29.9 Å². The molecule has 1 unspecified atom stereocenters. The highest BCUT2D eigenvalue weighted by Crippen LogP contribution is 2.49. The zero-order valence-electron chi connectivity index (χ0n) is 20.2. The molecule has 2 aromatic carbocycles. The van der Waals surface area contributed by atoms with Gasteiger partial charge in [-0.25, -0.2) is 4.79 Å². The maximum atomic E-state index is 13.6. The molecule has 37 heavy (non-hydrogen) atoms. The Balaban J connectivity index is 1.23. The molecule has 0 radical (unpaired) electrons. The first-order valence-electron chi connectivity index (χ1n) is 12.8. The number of rotatable bonds is 1. The van der Waals surface area contributed by atoms with Gasteiger partial charge in [-0.2, -0.15) is 0 Å². The summed E-state index contributed by atoms with van der Waals surface area (Å²) in [6.07, 6.45) is 5.46. The van der Waals surface area contributed by atoms with Crippen molar-refractivity contribution in [1.29, 1.82) is 0 Å². The van der Waals surface area contributed by atoms with Crippen LogP contribution in [0, 0.1) is 0 Å². The van der Waals surface area contributed by atoms with Gasteiger partial charge < -0.3 is 24.7 Å². The Kier molecular flexibility index (Phi) is 4.89. The second kappa shape index (κ2) is 7.99. The molecule has 0 bridgehead atoms. The fraction of sp³-hybridized carbons (Fsp3) is 0.393. The van der Waals surface area contributed by atoms with E-state index in [9.17, 15) is 14.4 Å². The van der Waals surface area contributed by atoms with Crippen molar-refractivity contribution in [3.8, 4) is 5.75 Å². The molecule has 1 aliphatic carbocycles. The highest BCUT2D eigenvalue weighted by molar-refractivity contribution is 6.35. The molecule has 190 valence electrons. The summed E-state index contributed by atoms with van der Waals surface area (Å²) in [5, 5.41) is 7.14. The van der Waals surface area contributed by atoms with Gasteiger partial charge in [0.1, 0.15) is 16.9 Å². The summed E-state index contributed by atoms with van der Waals surface area (Å²) < 4.78 is 12.6. The monoisotopic (exact) mass is 519 g/mol. The lowest BCUT2D eigenvalue weighted by atomic mass is 9.74. The summed E-state index contributed by atoms with van der Waals surface area (Å²) >= 11 is 6.63. The molecule has 3 aromatic rings. The van der Waals surface area contributed by atoms with Crippen LogP contribution < -0.4 is 15.4 Å². The summed E-state index contributed by atoms with van der Waals surface area (Å²) in [6, 6.07) is 10.4. The second-order valence-corrected chi connectivity index (χ2v) is 11.1. The van der Waals surface area contributed by atoms with Gasteiger partial charge in [0.05, 0.1) is 34.8 Å². The Bertz CT molecular complexity index is 1490. The van der Waals surface area contributed by atoms with E-state index < -0.39 is 11.1 Å². The molecule has 8 nitrogen and oxygen atoms in total. The van der Waals surface area contributed by atoms with Crippen molar-refractivity contribution < 1.29 is 23.5 Å². The first-order chi connectivity index (χ1) is 17.9. The zero-order valence-corrected chi connectivity index (χ0v) is 21.0. The number of halogens is 1. The Morgan fingerprint density at radius 3 is 2.70 bits per heavy atom. The van der Waals surface area contributed by atoms with Gasteiger partial charge in [0.15, 0.2) is 11.5 Å². The van der Waals surface area contributed by atoms with Crippen molar-refractivity contribution in [2.45, 2.75) is 56.1 Å². The molecular weight excluding hydrogens is 494 g/mol. The first kappa shape index (κ1) is 22.7. The van der Waals surface area contributed by atoms with E-state index in [2.05, 4.69) is 10.6 Å². The maximum Gasteiger partial charge on any atom is 0.319 e. The summed E-state index contributed by atoms with van der Waals surface area (Å²) in [5.41, 5.74) is 1.25. The predicted octanol–water partition coefficient (Wildman–Crippen LogP) is 5.63. The van der Waals surface area contributed by atoms with Crippen LogP contribution in [0.15, 0.2) is 40.8 Å². The number of likely N-dealkylation sites (tertiary alicyclic amines) is 1. The van der Waals surface area contributed by atoms with Crippen LogP contribution in [-0.4, -0.2) is 41.3 Å².